The van der Waals surface area contributed by atoms with Gasteiger partial charge in [0, 0.05) is 6.20 Å². The number of rotatable bonds is 4. The number of aryl methyl sites for hydroxylation is 1. The van der Waals surface area contributed by atoms with E-state index in [0.717, 1.165) is 11.4 Å². The van der Waals surface area contributed by atoms with Crippen molar-refractivity contribution in [1.82, 2.24) is 9.78 Å². The first kappa shape index (κ1) is 16.7. The van der Waals surface area contributed by atoms with Gasteiger partial charge in [0.25, 0.3) is 5.91 Å². The van der Waals surface area contributed by atoms with E-state index in [4.69, 9.17) is 11.6 Å². The van der Waals surface area contributed by atoms with Crippen LogP contribution in [0.15, 0.2) is 54.7 Å². The highest BCUT2D eigenvalue weighted by molar-refractivity contribution is 6.34. The van der Waals surface area contributed by atoms with Crippen LogP contribution >= 0.6 is 11.6 Å². The van der Waals surface area contributed by atoms with Crippen LogP contribution in [-0.4, -0.2) is 26.8 Å². The number of hydrogen-bond donors (Lipinski definition) is 2. The van der Waals surface area contributed by atoms with Crippen molar-refractivity contribution in [1.29, 1.82) is 0 Å². The molecule has 3 aromatic rings. The van der Waals surface area contributed by atoms with Gasteiger partial charge in [-0.1, -0.05) is 23.7 Å². The van der Waals surface area contributed by atoms with Crippen LogP contribution in [-0.2, 0) is 0 Å². The Morgan fingerprint density at radius 1 is 1.12 bits per heavy atom. The first-order valence-corrected chi connectivity index (χ1v) is 7.79. The van der Waals surface area contributed by atoms with Crippen molar-refractivity contribution in [3.8, 4) is 5.69 Å². The second-order valence-corrected chi connectivity index (χ2v) is 5.78. The minimum absolute atomic E-state index is 0.00982. The summed E-state index contributed by atoms with van der Waals surface area (Å²) in [6.45, 7) is 1.87. The van der Waals surface area contributed by atoms with Crippen LogP contribution < -0.4 is 5.32 Å². The molecule has 0 saturated carbocycles. The molecule has 7 heteroatoms. The van der Waals surface area contributed by atoms with Gasteiger partial charge in [0.2, 0.25) is 0 Å². The number of carboxylic acids is 1. The number of halogens is 1. The third-order valence-electron chi connectivity index (χ3n) is 3.59. The third-order valence-corrected chi connectivity index (χ3v) is 3.90. The number of aromatic nitrogens is 2. The smallest absolute Gasteiger partial charge is 0.337 e. The Morgan fingerprint density at radius 2 is 1.88 bits per heavy atom. The maximum atomic E-state index is 12.5. The van der Waals surface area contributed by atoms with Crippen LogP contribution in [0.1, 0.15) is 26.4 Å². The monoisotopic (exact) mass is 355 g/mol. The lowest BCUT2D eigenvalue weighted by molar-refractivity contribution is 0.0698. The number of hydrogen-bond acceptors (Lipinski definition) is 3. The summed E-state index contributed by atoms with van der Waals surface area (Å²) in [5.41, 5.74) is 2.05. The maximum Gasteiger partial charge on any atom is 0.337 e. The van der Waals surface area contributed by atoms with Gasteiger partial charge in [-0.25, -0.2) is 9.48 Å². The second kappa shape index (κ2) is 6.78. The minimum atomic E-state index is -1.12. The van der Waals surface area contributed by atoms with Gasteiger partial charge in [0.15, 0.2) is 0 Å². The predicted molar refractivity (Wildman–Crippen MR) is 94.7 cm³/mol. The molecule has 25 heavy (non-hydrogen) atoms. The number of carbonyl (C=O) groups is 2. The van der Waals surface area contributed by atoms with Crippen molar-refractivity contribution in [2.24, 2.45) is 0 Å². The standard InChI is InChI=1S/C18H14ClN3O3/c1-11-8-9-22(21-11)12-6-7-13(15(19)10-12)17(23)20-16-5-3-2-4-14(16)18(24)25/h2-10H,1H3,(H,20,23)(H,24,25). The fourth-order valence-corrected chi connectivity index (χ4v) is 2.62. The van der Waals surface area contributed by atoms with Crippen LogP contribution in [0.5, 0.6) is 0 Å². The number of amides is 1. The number of para-hydroxylation sites is 1. The largest absolute Gasteiger partial charge is 0.478 e. The van der Waals surface area contributed by atoms with Gasteiger partial charge < -0.3 is 10.4 Å². The SMILES string of the molecule is Cc1ccn(-c2ccc(C(=O)Nc3ccccc3C(=O)O)c(Cl)c2)n1. The number of carbonyl (C=O) groups excluding carboxylic acids is 1. The van der Waals surface area contributed by atoms with Crippen molar-refractivity contribution in [3.63, 3.8) is 0 Å². The highest BCUT2D eigenvalue weighted by Crippen LogP contribution is 2.23. The van der Waals surface area contributed by atoms with Gasteiger partial charge in [0.1, 0.15) is 0 Å². The maximum absolute atomic E-state index is 12.5. The molecule has 0 radical (unpaired) electrons. The predicted octanol–water partition coefficient (Wildman–Crippen LogP) is 3.78. The van der Waals surface area contributed by atoms with Gasteiger partial charge in [-0.2, -0.15) is 5.10 Å². The van der Waals surface area contributed by atoms with Gasteiger partial charge in [-0.3, -0.25) is 4.79 Å². The lowest BCUT2D eigenvalue weighted by atomic mass is 10.1. The average molecular weight is 356 g/mol. The molecule has 0 aliphatic heterocycles. The first-order valence-electron chi connectivity index (χ1n) is 7.41. The Kier molecular flexibility index (Phi) is 4.54. The summed E-state index contributed by atoms with van der Waals surface area (Å²) >= 11 is 6.23. The van der Waals surface area contributed by atoms with Crippen LogP contribution in [0.25, 0.3) is 5.69 Å². The molecule has 0 aliphatic rings. The molecule has 0 unspecified atom stereocenters. The number of aromatic carboxylic acids is 1. The number of nitrogens with one attached hydrogen (secondary N) is 1. The van der Waals surface area contributed by atoms with E-state index in [2.05, 4.69) is 10.4 Å². The van der Waals surface area contributed by atoms with E-state index in [0.29, 0.717) is 0 Å². The van der Waals surface area contributed by atoms with Crippen molar-refractivity contribution in [2.75, 3.05) is 5.32 Å². The van der Waals surface area contributed by atoms with Crippen LogP contribution in [0.2, 0.25) is 5.02 Å². The van der Waals surface area contributed by atoms with Crippen molar-refractivity contribution < 1.29 is 14.7 Å². The fourth-order valence-electron chi connectivity index (χ4n) is 2.36. The molecule has 0 atom stereocenters. The van der Waals surface area contributed by atoms with Gasteiger partial charge in [-0.05, 0) is 43.3 Å². The van der Waals surface area contributed by atoms with E-state index >= 15 is 0 Å². The summed E-state index contributed by atoms with van der Waals surface area (Å²) in [4.78, 5) is 23.7. The van der Waals surface area contributed by atoms with E-state index < -0.39 is 11.9 Å². The summed E-state index contributed by atoms with van der Waals surface area (Å²) in [5.74, 6) is -1.60. The first-order chi connectivity index (χ1) is 12.0. The molecule has 0 aliphatic carbocycles. The Balaban J connectivity index is 1.87. The molecule has 1 amide bonds. The van der Waals surface area contributed by atoms with E-state index in [-0.39, 0.29) is 21.8 Å². The van der Waals surface area contributed by atoms with E-state index in [9.17, 15) is 14.7 Å². The topological polar surface area (TPSA) is 84.2 Å². The summed E-state index contributed by atoms with van der Waals surface area (Å²) in [7, 11) is 0. The number of nitrogens with zero attached hydrogens (tertiary/aromatic N) is 2. The molecule has 1 aromatic heterocycles. The number of anilines is 1. The molecule has 2 aromatic carbocycles. The molecule has 0 saturated heterocycles. The summed E-state index contributed by atoms with van der Waals surface area (Å²) < 4.78 is 1.66. The molecule has 1 heterocycles. The van der Waals surface area contributed by atoms with E-state index in [1.807, 2.05) is 13.0 Å². The fraction of sp³-hybridized carbons (Fsp3) is 0.0556. The number of carboxylic acid groups (broad SMARTS) is 1. The van der Waals surface area contributed by atoms with Crippen LogP contribution in [0.3, 0.4) is 0 Å². The van der Waals surface area contributed by atoms with Crippen molar-refractivity contribution in [2.45, 2.75) is 6.92 Å². The zero-order valence-corrected chi connectivity index (χ0v) is 14.0. The molecular formula is C18H14ClN3O3. The lowest BCUT2D eigenvalue weighted by Gasteiger charge is -2.10. The molecule has 0 bridgehead atoms. The molecular weight excluding hydrogens is 342 g/mol. The molecule has 0 spiro atoms. The molecule has 3 rings (SSSR count). The quantitative estimate of drug-likeness (QED) is 0.745. The molecule has 6 nitrogen and oxygen atoms in total. The molecule has 2 N–H and O–H groups in total. The van der Waals surface area contributed by atoms with Crippen molar-refractivity contribution >= 4 is 29.2 Å². The molecule has 0 fully saturated rings. The lowest BCUT2D eigenvalue weighted by Crippen LogP contribution is -2.15. The van der Waals surface area contributed by atoms with E-state index in [1.54, 1.807) is 41.2 Å². The van der Waals surface area contributed by atoms with Gasteiger partial charge >= 0.3 is 5.97 Å². The highest BCUT2D eigenvalue weighted by Gasteiger charge is 2.15. The zero-order chi connectivity index (χ0) is 18.0. The Bertz CT molecular complexity index is 966. The normalized spacial score (nSPS) is 10.5. The average Bonchev–Trinajstić information content (AvgIpc) is 3.01. The molecule has 126 valence electrons. The second-order valence-electron chi connectivity index (χ2n) is 5.37. The zero-order valence-electron chi connectivity index (χ0n) is 13.2. The Hall–Kier alpha value is -3.12. The van der Waals surface area contributed by atoms with Crippen LogP contribution in [0.4, 0.5) is 5.69 Å². The van der Waals surface area contributed by atoms with Gasteiger partial charge in [-0.15, -0.1) is 0 Å². The van der Waals surface area contributed by atoms with Crippen LogP contribution in [0, 0.1) is 6.92 Å². The Labute approximate surface area is 148 Å². The Morgan fingerprint density at radius 3 is 2.52 bits per heavy atom. The van der Waals surface area contributed by atoms with E-state index in [1.165, 1.54) is 12.1 Å². The summed E-state index contributed by atoms with van der Waals surface area (Å²) in [6, 6.07) is 13.0. The van der Waals surface area contributed by atoms with Gasteiger partial charge in [0.05, 0.1) is 33.2 Å². The summed E-state index contributed by atoms with van der Waals surface area (Å²) in [5, 5.41) is 16.3. The highest BCUT2D eigenvalue weighted by atomic mass is 35.5. The summed E-state index contributed by atoms with van der Waals surface area (Å²) in [6.07, 6.45) is 1.80. The number of benzene rings is 2. The minimum Gasteiger partial charge on any atom is -0.478 e. The van der Waals surface area contributed by atoms with Crippen molar-refractivity contribution in [3.05, 3.63) is 76.6 Å². The third kappa shape index (κ3) is 3.54.